The number of rotatable bonds is 5. The lowest BCUT2D eigenvalue weighted by molar-refractivity contribution is 0.0383. The van der Waals surface area contributed by atoms with Crippen LogP contribution in [-0.4, -0.2) is 39.5 Å². The second-order valence-electron chi connectivity index (χ2n) is 6.83. The third-order valence-electron chi connectivity index (χ3n) is 5.35. The number of hydrogen-bond donors (Lipinski definition) is 1. The summed E-state index contributed by atoms with van der Waals surface area (Å²) in [7, 11) is 1.99. The average Bonchev–Trinajstić information content (AvgIpc) is 2.97. The Kier molecular flexibility index (Phi) is 4.83. The molecule has 3 rings (SSSR count). The monoisotopic (exact) mass is 313 g/mol. The van der Waals surface area contributed by atoms with E-state index in [0.29, 0.717) is 6.61 Å². The van der Waals surface area contributed by atoms with Crippen LogP contribution in [0.25, 0.3) is 11.3 Å². The lowest BCUT2D eigenvalue weighted by Crippen LogP contribution is -2.41. The van der Waals surface area contributed by atoms with Crippen LogP contribution in [0.15, 0.2) is 36.5 Å². The highest BCUT2D eigenvalue weighted by Gasteiger charge is 2.32. The van der Waals surface area contributed by atoms with Gasteiger partial charge in [-0.1, -0.05) is 37.3 Å². The minimum Gasteiger partial charge on any atom is -0.396 e. The summed E-state index contributed by atoms with van der Waals surface area (Å²) in [4.78, 5) is 2.49. The Bertz CT molecular complexity index is 621. The van der Waals surface area contributed by atoms with Crippen molar-refractivity contribution in [2.45, 2.75) is 32.7 Å². The van der Waals surface area contributed by atoms with Gasteiger partial charge >= 0.3 is 0 Å². The van der Waals surface area contributed by atoms with Gasteiger partial charge in [-0.2, -0.15) is 5.10 Å². The SMILES string of the molecule is CCC1(CO)CCN(Cc2cn(C)nc2-c2ccccc2)CC1. The zero-order valence-corrected chi connectivity index (χ0v) is 14.2. The first-order valence-corrected chi connectivity index (χ1v) is 8.57. The number of aliphatic hydroxyl groups is 1. The van der Waals surface area contributed by atoms with E-state index in [9.17, 15) is 5.11 Å². The van der Waals surface area contributed by atoms with Crippen LogP contribution < -0.4 is 0 Å². The molecule has 0 saturated carbocycles. The van der Waals surface area contributed by atoms with Crippen molar-refractivity contribution in [1.29, 1.82) is 0 Å². The predicted molar refractivity (Wildman–Crippen MR) is 93.0 cm³/mol. The van der Waals surface area contributed by atoms with E-state index in [2.05, 4.69) is 47.4 Å². The van der Waals surface area contributed by atoms with Crippen molar-refractivity contribution >= 4 is 0 Å². The summed E-state index contributed by atoms with van der Waals surface area (Å²) in [5, 5.41) is 14.3. The molecule has 1 aliphatic heterocycles. The molecule has 1 aliphatic rings. The Balaban J connectivity index is 1.73. The molecule has 2 aromatic rings. The minimum absolute atomic E-state index is 0.147. The summed E-state index contributed by atoms with van der Waals surface area (Å²) in [5.74, 6) is 0. The zero-order valence-electron chi connectivity index (χ0n) is 14.2. The molecule has 4 nitrogen and oxygen atoms in total. The number of likely N-dealkylation sites (tertiary alicyclic amines) is 1. The van der Waals surface area contributed by atoms with Gasteiger partial charge in [0.05, 0.1) is 5.69 Å². The molecule has 4 heteroatoms. The highest BCUT2D eigenvalue weighted by molar-refractivity contribution is 5.62. The fraction of sp³-hybridized carbons (Fsp3) is 0.526. The first-order valence-electron chi connectivity index (χ1n) is 8.57. The Morgan fingerprint density at radius 3 is 2.48 bits per heavy atom. The van der Waals surface area contributed by atoms with Gasteiger partial charge in [0.15, 0.2) is 0 Å². The maximum absolute atomic E-state index is 9.68. The molecule has 2 heterocycles. The Morgan fingerprint density at radius 2 is 1.87 bits per heavy atom. The summed E-state index contributed by atoms with van der Waals surface area (Å²) in [6.07, 6.45) is 5.37. The molecule has 1 saturated heterocycles. The van der Waals surface area contributed by atoms with Crippen molar-refractivity contribution in [1.82, 2.24) is 14.7 Å². The van der Waals surface area contributed by atoms with E-state index in [1.54, 1.807) is 0 Å². The van der Waals surface area contributed by atoms with Crippen molar-refractivity contribution < 1.29 is 5.11 Å². The maximum atomic E-state index is 9.68. The van der Waals surface area contributed by atoms with Gasteiger partial charge in [0, 0.05) is 37.5 Å². The van der Waals surface area contributed by atoms with Crippen molar-refractivity contribution in [3.63, 3.8) is 0 Å². The van der Waals surface area contributed by atoms with Gasteiger partial charge in [-0.15, -0.1) is 0 Å². The largest absolute Gasteiger partial charge is 0.396 e. The number of piperidine rings is 1. The van der Waals surface area contributed by atoms with E-state index in [4.69, 9.17) is 0 Å². The number of benzene rings is 1. The van der Waals surface area contributed by atoms with Gasteiger partial charge in [-0.05, 0) is 37.8 Å². The van der Waals surface area contributed by atoms with Crippen LogP contribution in [0.2, 0.25) is 0 Å². The average molecular weight is 313 g/mol. The zero-order chi connectivity index (χ0) is 16.3. The van der Waals surface area contributed by atoms with Gasteiger partial charge in [0.1, 0.15) is 0 Å². The summed E-state index contributed by atoms with van der Waals surface area (Å²) in [6.45, 7) is 5.55. The van der Waals surface area contributed by atoms with Crippen LogP contribution >= 0.6 is 0 Å². The van der Waals surface area contributed by atoms with Crippen LogP contribution in [0.5, 0.6) is 0 Å². The molecule has 1 aromatic carbocycles. The van der Waals surface area contributed by atoms with Gasteiger partial charge in [-0.3, -0.25) is 9.58 Å². The summed E-state index contributed by atoms with van der Waals surface area (Å²) >= 11 is 0. The van der Waals surface area contributed by atoms with Crippen molar-refractivity contribution in [2.75, 3.05) is 19.7 Å². The molecule has 124 valence electrons. The molecular weight excluding hydrogens is 286 g/mol. The van der Waals surface area contributed by atoms with E-state index in [1.165, 1.54) is 11.1 Å². The maximum Gasteiger partial charge on any atom is 0.0968 e. The van der Waals surface area contributed by atoms with Gasteiger partial charge in [-0.25, -0.2) is 0 Å². The summed E-state index contributed by atoms with van der Waals surface area (Å²) < 4.78 is 1.91. The van der Waals surface area contributed by atoms with Crippen LogP contribution in [0.4, 0.5) is 0 Å². The van der Waals surface area contributed by atoms with E-state index < -0.39 is 0 Å². The topological polar surface area (TPSA) is 41.3 Å². The number of hydrogen-bond acceptors (Lipinski definition) is 3. The molecule has 0 bridgehead atoms. The summed E-state index contributed by atoms with van der Waals surface area (Å²) in [6, 6.07) is 10.4. The quantitative estimate of drug-likeness (QED) is 0.922. The molecule has 0 amide bonds. The number of aliphatic hydroxyl groups excluding tert-OH is 1. The highest BCUT2D eigenvalue weighted by atomic mass is 16.3. The molecular formula is C19H27N3O. The first-order chi connectivity index (χ1) is 11.2. The standard InChI is InChI=1S/C19H27N3O/c1-3-19(15-23)9-11-22(12-10-19)14-17-13-21(2)20-18(17)16-7-5-4-6-8-16/h4-8,13,23H,3,9-12,14-15H2,1-2H3. The van der Waals surface area contributed by atoms with E-state index in [0.717, 1.165) is 44.6 Å². The Hall–Kier alpha value is -1.65. The van der Waals surface area contributed by atoms with Gasteiger partial charge in [0.25, 0.3) is 0 Å². The predicted octanol–water partition coefficient (Wildman–Crippen LogP) is 3.07. The van der Waals surface area contributed by atoms with Crippen molar-refractivity contribution in [2.24, 2.45) is 12.5 Å². The van der Waals surface area contributed by atoms with Crippen LogP contribution in [0.3, 0.4) is 0 Å². The molecule has 1 fully saturated rings. The molecule has 1 N–H and O–H groups in total. The smallest absolute Gasteiger partial charge is 0.0968 e. The minimum atomic E-state index is 0.147. The Morgan fingerprint density at radius 1 is 1.17 bits per heavy atom. The fourth-order valence-corrected chi connectivity index (χ4v) is 3.54. The van der Waals surface area contributed by atoms with Crippen molar-refractivity contribution in [3.05, 3.63) is 42.1 Å². The third-order valence-corrected chi connectivity index (χ3v) is 5.35. The fourth-order valence-electron chi connectivity index (χ4n) is 3.54. The molecule has 1 aromatic heterocycles. The lowest BCUT2D eigenvalue weighted by Gasteiger charge is -2.40. The first kappa shape index (κ1) is 16.2. The molecule has 0 radical (unpaired) electrons. The van der Waals surface area contributed by atoms with Crippen LogP contribution in [-0.2, 0) is 13.6 Å². The van der Waals surface area contributed by atoms with Gasteiger partial charge < -0.3 is 5.11 Å². The van der Waals surface area contributed by atoms with E-state index in [-0.39, 0.29) is 5.41 Å². The van der Waals surface area contributed by atoms with E-state index >= 15 is 0 Å². The second kappa shape index (κ2) is 6.85. The number of aryl methyl sites for hydroxylation is 1. The third kappa shape index (κ3) is 3.48. The van der Waals surface area contributed by atoms with Gasteiger partial charge in [0.2, 0.25) is 0 Å². The molecule has 0 unspecified atom stereocenters. The van der Waals surface area contributed by atoms with Crippen LogP contribution in [0, 0.1) is 5.41 Å². The molecule has 0 atom stereocenters. The van der Waals surface area contributed by atoms with Crippen molar-refractivity contribution in [3.8, 4) is 11.3 Å². The molecule has 0 spiro atoms. The highest BCUT2D eigenvalue weighted by Crippen LogP contribution is 2.35. The van der Waals surface area contributed by atoms with E-state index in [1.807, 2.05) is 17.8 Å². The number of nitrogens with zero attached hydrogens (tertiary/aromatic N) is 3. The normalized spacial score (nSPS) is 18.2. The Labute approximate surface area is 138 Å². The second-order valence-corrected chi connectivity index (χ2v) is 6.83. The molecule has 0 aliphatic carbocycles. The van der Waals surface area contributed by atoms with Crippen LogP contribution in [0.1, 0.15) is 31.7 Å². The molecule has 23 heavy (non-hydrogen) atoms. The lowest BCUT2D eigenvalue weighted by atomic mass is 9.77. The number of aromatic nitrogens is 2. The summed E-state index contributed by atoms with van der Waals surface area (Å²) in [5.41, 5.74) is 3.70.